The highest BCUT2D eigenvalue weighted by molar-refractivity contribution is 5.11. The Labute approximate surface area is 49.3 Å². The lowest BCUT2D eigenvalue weighted by Crippen LogP contribution is -2.21. The minimum absolute atomic E-state index is 0.694. The topological polar surface area (TPSA) is 21.3 Å². The number of hydrogen-bond acceptors (Lipinski definition) is 2. The van der Waals surface area contributed by atoms with E-state index in [1.165, 1.54) is 0 Å². The normalized spacial score (nSPS) is 19.2. The van der Waals surface area contributed by atoms with Crippen LogP contribution in [-0.4, -0.2) is 6.18 Å². The van der Waals surface area contributed by atoms with Gasteiger partial charge in [0, 0.05) is 0 Å². The van der Waals surface area contributed by atoms with Crippen molar-refractivity contribution in [1.82, 2.24) is 5.48 Å². The number of halogens is 3. The van der Waals surface area contributed by atoms with Crippen LogP contribution >= 0.6 is 0 Å². The van der Waals surface area contributed by atoms with Crippen LogP contribution in [0.5, 0.6) is 0 Å². The van der Waals surface area contributed by atoms with E-state index in [0.717, 1.165) is 0 Å². The van der Waals surface area contributed by atoms with Gasteiger partial charge in [-0.1, -0.05) is 0 Å². The fraction of sp³-hybridized carbons (Fsp3) is 0.250. The van der Waals surface area contributed by atoms with Crippen molar-refractivity contribution in [3.63, 3.8) is 0 Å². The van der Waals surface area contributed by atoms with Crippen LogP contribution in [0.1, 0.15) is 0 Å². The summed E-state index contributed by atoms with van der Waals surface area (Å²) >= 11 is 0. The van der Waals surface area contributed by atoms with Crippen LogP contribution < -0.4 is 5.48 Å². The molecule has 0 bridgehead atoms. The van der Waals surface area contributed by atoms with Crippen molar-refractivity contribution in [2.24, 2.45) is 0 Å². The lowest BCUT2D eigenvalue weighted by Gasteiger charge is -2.05. The molecule has 0 atom stereocenters. The summed E-state index contributed by atoms with van der Waals surface area (Å²) in [5.74, 6) is 0. The van der Waals surface area contributed by atoms with Crippen LogP contribution in [0.25, 0.3) is 0 Å². The molecule has 0 spiro atoms. The predicted molar refractivity (Wildman–Crippen MR) is 21.6 cm³/mol. The third-order valence-corrected chi connectivity index (χ3v) is 0.729. The standard InChI is InChI=1S/C4H2F3NO/c5-4(6,7)3-1-2-9-8-3/h1,8H. The van der Waals surface area contributed by atoms with Crippen molar-refractivity contribution in [2.75, 3.05) is 0 Å². The molecule has 5 heteroatoms. The number of allylic oxidation sites excluding steroid dienone is 1. The first-order valence-electron chi connectivity index (χ1n) is 2.05. The van der Waals surface area contributed by atoms with Gasteiger partial charge in [-0.25, -0.2) is 0 Å². The van der Waals surface area contributed by atoms with Gasteiger partial charge in [-0.3, -0.25) is 10.3 Å². The fourth-order valence-electron chi connectivity index (χ4n) is 0.342. The first-order valence-corrected chi connectivity index (χ1v) is 2.05. The monoisotopic (exact) mass is 137 g/mol. The van der Waals surface area contributed by atoms with E-state index in [2.05, 4.69) is 4.84 Å². The zero-order valence-electron chi connectivity index (χ0n) is 4.12. The Balaban J connectivity index is 2.61. The quantitative estimate of drug-likeness (QED) is 0.537. The van der Waals surface area contributed by atoms with Crippen LogP contribution in [0.4, 0.5) is 13.2 Å². The minimum Gasteiger partial charge on any atom is -0.261 e. The van der Waals surface area contributed by atoms with E-state index in [1.54, 1.807) is 5.48 Å². The van der Waals surface area contributed by atoms with Gasteiger partial charge < -0.3 is 0 Å². The maximum absolute atomic E-state index is 11.5. The van der Waals surface area contributed by atoms with E-state index in [4.69, 9.17) is 0 Å². The number of alkyl halides is 3. The molecule has 0 saturated heterocycles. The molecule has 1 aliphatic rings. The molecule has 0 amide bonds. The number of nitrogens with one attached hydrogen (secondary N) is 1. The smallest absolute Gasteiger partial charge is 0.261 e. The molecule has 1 heterocycles. The van der Waals surface area contributed by atoms with Gasteiger partial charge in [0.05, 0.1) is 0 Å². The Morgan fingerprint density at radius 2 is 2.22 bits per heavy atom. The maximum Gasteiger partial charge on any atom is 0.432 e. The van der Waals surface area contributed by atoms with Gasteiger partial charge in [-0.05, 0) is 6.08 Å². The summed E-state index contributed by atoms with van der Waals surface area (Å²) in [5.41, 5.74) is 0.693. The van der Waals surface area contributed by atoms with Crippen molar-refractivity contribution in [3.8, 4) is 0 Å². The second kappa shape index (κ2) is 1.91. The molecule has 0 fully saturated rings. The summed E-state index contributed by atoms with van der Waals surface area (Å²) in [6, 6.07) is 0. The average Bonchev–Trinajstić information content (AvgIpc) is 2.08. The highest BCUT2D eigenvalue weighted by atomic mass is 19.4. The molecule has 0 aliphatic carbocycles. The van der Waals surface area contributed by atoms with E-state index in [1.807, 2.05) is 6.61 Å². The molecule has 0 aromatic carbocycles. The number of hydrogen-bond donors (Lipinski definition) is 1. The lowest BCUT2D eigenvalue weighted by atomic mass is 10.4. The van der Waals surface area contributed by atoms with Crippen molar-refractivity contribution in [2.45, 2.75) is 6.18 Å². The summed E-state index contributed by atoms with van der Waals surface area (Å²) in [4.78, 5) is 3.97. The second-order valence-electron chi connectivity index (χ2n) is 1.38. The molecule has 0 aromatic rings. The molecule has 2 nitrogen and oxygen atoms in total. The van der Waals surface area contributed by atoms with E-state index in [0.29, 0.717) is 6.08 Å². The van der Waals surface area contributed by atoms with Gasteiger partial charge in [0.1, 0.15) is 5.70 Å². The zero-order chi connectivity index (χ0) is 6.91. The van der Waals surface area contributed by atoms with Crippen LogP contribution in [0.3, 0.4) is 0 Å². The molecule has 50 valence electrons. The summed E-state index contributed by atoms with van der Waals surface area (Å²) < 4.78 is 34.5. The minimum atomic E-state index is -4.36. The van der Waals surface area contributed by atoms with Crippen molar-refractivity contribution in [1.29, 1.82) is 0 Å². The summed E-state index contributed by atoms with van der Waals surface area (Å²) in [6.07, 6.45) is -3.66. The Bertz CT molecular complexity index is 139. The lowest BCUT2D eigenvalue weighted by molar-refractivity contribution is -0.106. The molecular formula is C4H2F3NO. The van der Waals surface area contributed by atoms with Crippen LogP contribution in [0.2, 0.25) is 0 Å². The first kappa shape index (κ1) is 6.41. The molecule has 0 aromatic heterocycles. The van der Waals surface area contributed by atoms with Gasteiger partial charge in [-0.2, -0.15) is 13.2 Å². The van der Waals surface area contributed by atoms with Crippen LogP contribution in [-0.2, 0) is 4.84 Å². The molecule has 1 aliphatic heterocycles. The van der Waals surface area contributed by atoms with Gasteiger partial charge in [0.15, 0.2) is 6.61 Å². The van der Waals surface area contributed by atoms with E-state index in [-0.39, 0.29) is 0 Å². The molecular weight excluding hydrogens is 135 g/mol. The average molecular weight is 137 g/mol. The number of rotatable bonds is 0. The summed E-state index contributed by atoms with van der Waals surface area (Å²) in [7, 11) is 0. The Hall–Kier alpha value is -0.710. The molecule has 0 saturated carbocycles. The van der Waals surface area contributed by atoms with E-state index >= 15 is 0 Å². The van der Waals surface area contributed by atoms with Crippen molar-refractivity contribution in [3.05, 3.63) is 18.4 Å². The van der Waals surface area contributed by atoms with Crippen molar-refractivity contribution >= 4 is 0 Å². The molecule has 1 rings (SSSR count). The van der Waals surface area contributed by atoms with Gasteiger partial charge in [0.25, 0.3) is 0 Å². The third kappa shape index (κ3) is 1.35. The van der Waals surface area contributed by atoms with Gasteiger partial charge >= 0.3 is 6.18 Å². The highest BCUT2D eigenvalue weighted by Gasteiger charge is 2.35. The Morgan fingerprint density at radius 1 is 1.56 bits per heavy atom. The molecule has 2 radical (unpaired) electrons. The second-order valence-corrected chi connectivity index (χ2v) is 1.38. The van der Waals surface area contributed by atoms with E-state index < -0.39 is 11.9 Å². The molecule has 0 unspecified atom stereocenters. The Morgan fingerprint density at radius 3 is 2.44 bits per heavy atom. The SMILES string of the molecule is FC(F)(F)C1=C[C]ON1. The first-order chi connectivity index (χ1) is 4.11. The molecule has 1 N–H and O–H groups in total. The summed E-state index contributed by atoms with van der Waals surface area (Å²) in [6.45, 7) is 1.89. The maximum atomic E-state index is 11.5. The van der Waals surface area contributed by atoms with Gasteiger partial charge in [0.2, 0.25) is 0 Å². The predicted octanol–water partition coefficient (Wildman–Crippen LogP) is 1.01. The zero-order valence-corrected chi connectivity index (χ0v) is 4.12. The third-order valence-electron chi connectivity index (χ3n) is 0.729. The summed E-state index contributed by atoms with van der Waals surface area (Å²) in [5, 5.41) is 0. The van der Waals surface area contributed by atoms with Crippen molar-refractivity contribution < 1.29 is 18.0 Å². The highest BCUT2D eigenvalue weighted by Crippen LogP contribution is 2.25. The van der Waals surface area contributed by atoms with Crippen LogP contribution in [0.15, 0.2) is 11.8 Å². The van der Waals surface area contributed by atoms with Crippen LogP contribution in [0, 0.1) is 6.61 Å². The van der Waals surface area contributed by atoms with Gasteiger partial charge in [-0.15, -0.1) is 0 Å². The van der Waals surface area contributed by atoms with E-state index in [9.17, 15) is 13.2 Å². The largest absolute Gasteiger partial charge is 0.432 e. The Kier molecular flexibility index (Phi) is 1.36. The fourth-order valence-corrected chi connectivity index (χ4v) is 0.342. The number of hydroxylamine groups is 1. The molecule has 9 heavy (non-hydrogen) atoms.